The first-order valence-electron chi connectivity index (χ1n) is 8.21. The number of benzene rings is 1. The second kappa shape index (κ2) is 9.03. The van der Waals surface area contributed by atoms with E-state index in [9.17, 15) is 4.79 Å². The first kappa shape index (κ1) is 16.3. The number of hydrogen-bond donors (Lipinski definition) is 2. The van der Waals surface area contributed by atoms with Gasteiger partial charge in [-0.25, -0.2) is 5.43 Å². The third-order valence-electron chi connectivity index (χ3n) is 3.78. The fraction of sp³-hybridized carbons (Fsp3) is 0.444. The minimum Gasteiger partial charge on any atom is -0.360 e. The van der Waals surface area contributed by atoms with E-state index in [0.29, 0.717) is 5.56 Å². The van der Waals surface area contributed by atoms with Crippen molar-refractivity contribution in [3.8, 4) is 0 Å². The molecule has 2 N–H and O–H groups in total. The lowest BCUT2D eigenvalue weighted by Crippen LogP contribution is -2.17. The summed E-state index contributed by atoms with van der Waals surface area (Å²) in [6.07, 6.45) is 12.0. The first-order chi connectivity index (χ1) is 10.8. The molecule has 1 amide bonds. The van der Waals surface area contributed by atoms with Gasteiger partial charge in [0.2, 0.25) is 0 Å². The maximum absolute atomic E-state index is 12.1. The van der Waals surface area contributed by atoms with Crippen LogP contribution in [0, 0.1) is 0 Å². The summed E-state index contributed by atoms with van der Waals surface area (Å²) in [5, 5.41) is 4.95. The summed E-state index contributed by atoms with van der Waals surface area (Å²) in [5.74, 6) is -0.170. The van der Waals surface area contributed by atoms with Crippen LogP contribution in [0.2, 0.25) is 0 Å². The van der Waals surface area contributed by atoms with Gasteiger partial charge in [-0.05, 0) is 18.9 Å². The number of hydrogen-bond acceptors (Lipinski definition) is 2. The Balaban J connectivity index is 1.70. The number of hydrazone groups is 1. The highest BCUT2D eigenvalue weighted by Gasteiger charge is 2.10. The molecule has 0 saturated carbocycles. The molecule has 0 atom stereocenters. The number of fused-ring (bicyclic) bond motifs is 1. The van der Waals surface area contributed by atoms with Gasteiger partial charge < -0.3 is 4.98 Å². The predicted molar refractivity (Wildman–Crippen MR) is 92.2 cm³/mol. The molecule has 1 aromatic heterocycles. The van der Waals surface area contributed by atoms with E-state index >= 15 is 0 Å². The first-order valence-corrected chi connectivity index (χ1v) is 8.21. The summed E-state index contributed by atoms with van der Waals surface area (Å²) in [5.41, 5.74) is 4.19. The number of nitrogens with one attached hydrogen (secondary N) is 2. The molecule has 4 heteroatoms. The number of para-hydroxylation sites is 1. The normalized spacial score (nSPS) is 11.3. The molecular weight excluding hydrogens is 274 g/mol. The quantitative estimate of drug-likeness (QED) is 0.396. The van der Waals surface area contributed by atoms with E-state index < -0.39 is 0 Å². The Morgan fingerprint density at radius 1 is 1.18 bits per heavy atom. The second-order valence-electron chi connectivity index (χ2n) is 5.56. The highest BCUT2D eigenvalue weighted by molar-refractivity contribution is 6.06. The Bertz CT molecular complexity index is 616. The Hall–Kier alpha value is -2.10. The molecule has 118 valence electrons. The van der Waals surface area contributed by atoms with E-state index in [1.807, 2.05) is 24.3 Å². The SMILES string of the molecule is CCCCCCCCC=NNC(=O)c1c[nH]c2ccccc12. The van der Waals surface area contributed by atoms with Crippen LogP contribution >= 0.6 is 0 Å². The second-order valence-corrected chi connectivity index (χ2v) is 5.56. The van der Waals surface area contributed by atoms with Gasteiger partial charge in [-0.2, -0.15) is 5.10 Å². The van der Waals surface area contributed by atoms with Gasteiger partial charge in [-0.1, -0.05) is 57.2 Å². The molecular formula is C18H25N3O. The number of carbonyl (C=O) groups excluding carboxylic acids is 1. The minimum atomic E-state index is -0.170. The number of H-pyrrole nitrogens is 1. The van der Waals surface area contributed by atoms with Gasteiger partial charge in [0, 0.05) is 23.3 Å². The van der Waals surface area contributed by atoms with Crippen LogP contribution in [0.3, 0.4) is 0 Å². The third-order valence-corrected chi connectivity index (χ3v) is 3.78. The largest absolute Gasteiger partial charge is 0.360 e. The molecule has 2 rings (SSSR count). The van der Waals surface area contributed by atoms with Crippen LogP contribution < -0.4 is 5.43 Å². The molecule has 0 bridgehead atoms. The van der Waals surface area contributed by atoms with Crippen molar-refractivity contribution >= 4 is 23.0 Å². The summed E-state index contributed by atoms with van der Waals surface area (Å²) in [4.78, 5) is 15.2. The van der Waals surface area contributed by atoms with Crippen molar-refractivity contribution in [2.45, 2.75) is 51.9 Å². The van der Waals surface area contributed by atoms with Gasteiger partial charge in [0.15, 0.2) is 0 Å². The number of unbranched alkanes of at least 4 members (excludes halogenated alkanes) is 6. The number of nitrogens with zero attached hydrogens (tertiary/aromatic N) is 1. The maximum Gasteiger partial charge on any atom is 0.273 e. The number of aromatic amines is 1. The maximum atomic E-state index is 12.1. The summed E-state index contributed by atoms with van der Waals surface area (Å²) < 4.78 is 0. The highest BCUT2D eigenvalue weighted by atomic mass is 16.2. The monoisotopic (exact) mass is 299 g/mol. The van der Waals surface area contributed by atoms with E-state index in [1.165, 1.54) is 32.1 Å². The van der Waals surface area contributed by atoms with E-state index in [1.54, 1.807) is 12.4 Å². The van der Waals surface area contributed by atoms with Crippen molar-refractivity contribution in [2.75, 3.05) is 0 Å². The van der Waals surface area contributed by atoms with Crippen LogP contribution in [0.15, 0.2) is 35.6 Å². The van der Waals surface area contributed by atoms with Crippen molar-refractivity contribution in [3.63, 3.8) is 0 Å². The van der Waals surface area contributed by atoms with E-state index in [-0.39, 0.29) is 5.91 Å². The topological polar surface area (TPSA) is 57.2 Å². The van der Waals surface area contributed by atoms with Gasteiger partial charge in [-0.15, -0.1) is 0 Å². The number of rotatable bonds is 9. The fourth-order valence-corrected chi connectivity index (χ4v) is 2.50. The lowest BCUT2D eigenvalue weighted by molar-refractivity contribution is 0.0956. The predicted octanol–water partition coefficient (Wildman–Crippen LogP) is 4.63. The molecule has 2 aromatic rings. The Labute approximate surface area is 132 Å². The van der Waals surface area contributed by atoms with Gasteiger partial charge in [0.1, 0.15) is 0 Å². The van der Waals surface area contributed by atoms with Crippen molar-refractivity contribution in [1.82, 2.24) is 10.4 Å². The zero-order valence-corrected chi connectivity index (χ0v) is 13.3. The lowest BCUT2D eigenvalue weighted by atomic mass is 10.1. The van der Waals surface area contributed by atoms with Crippen molar-refractivity contribution in [1.29, 1.82) is 0 Å². The van der Waals surface area contributed by atoms with E-state index in [2.05, 4.69) is 22.4 Å². The Kier molecular flexibility index (Phi) is 6.68. The van der Waals surface area contributed by atoms with Crippen LogP contribution in [-0.4, -0.2) is 17.1 Å². The summed E-state index contributed by atoms with van der Waals surface area (Å²) in [6.45, 7) is 2.23. The third kappa shape index (κ3) is 4.72. The molecule has 0 aliphatic heterocycles. The molecule has 0 unspecified atom stereocenters. The van der Waals surface area contributed by atoms with Crippen LogP contribution in [0.1, 0.15) is 62.2 Å². The Morgan fingerprint density at radius 3 is 2.82 bits per heavy atom. The standard InChI is InChI=1S/C18H25N3O/c1-2-3-4-5-6-7-10-13-20-21-18(22)16-14-19-17-12-9-8-11-15(16)17/h8-9,11-14,19H,2-7,10H2,1H3,(H,21,22). The molecule has 1 heterocycles. The number of aromatic nitrogens is 1. The van der Waals surface area contributed by atoms with Crippen LogP contribution in [0.4, 0.5) is 0 Å². The molecule has 1 aromatic carbocycles. The zero-order valence-electron chi connectivity index (χ0n) is 13.3. The minimum absolute atomic E-state index is 0.170. The van der Waals surface area contributed by atoms with E-state index in [4.69, 9.17) is 0 Å². The molecule has 0 aliphatic carbocycles. The summed E-state index contributed by atoms with van der Waals surface area (Å²) in [6, 6.07) is 7.75. The summed E-state index contributed by atoms with van der Waals surface area (Å²) >= 11 is 0. The lowest BCUT2D eigenvalue weighted by Gasteiger charge is -1.99. The average molecular weight is 299 g/mol. The smallest absolute Gasteiger partial charge is 0.273 e. The zero-order chi connectivity index (χ0) is 15.6. The molecule has 4 nitrogen and oxygen atoms in total. The van der Waals surface area contributed by atoms with Crippen molar-refractivity contribution < 1.29 is 4.79 Å². The van der Waals surface area contributed by atoms with Gasteiger partial charge in [0.25, 0.3) is 5.91 Å². The molecule has 0 aliphatic rings. The average Bonchev–Trinajstić information content (AvgIpc) is 2.97. The van der Waals surface area contributed by atoms with Crippen LogP contribution in [0.25, 0.3) is 10.9 Å². The number of carbonyl (C=O) groups is 1. The molecule has 22 heavy (non-hydrogen) atoms. The van der Waals surface area contributed by atoms with Crippen molar-refractivity contribution in [3.05, 3.63) is 36.0 Å². The van der Waals surface area contributed by atoms with Crippen LogP contribution in [0.5, 0.6) is 0 Å². The number of amides is 1. The highest BCUT2D eigenvalue weighted by Crippen LogP contribution is 2.17. The molecule has 0 radical (unpaired) electrons. The van der Waals surface area contributed by atoms with E-state index in [0.717, 1.165) is 23.7 Å². The van der Waals surface area contributed by atoms with Gasteiger partial charge in [-0.3, -0.25) is 4.79 Å². The summed E-state index contributed by atoms with van der Waals surface area (Å²) in [7, 11) is 0. The fourth-order valence-electron chi connectivity index (χ4n) is 2.50. The van der Waals surface area contributed by atoms with Crippen LogP contribution in [-0.2, 0) is 0 Å². The Morgan fingerprint density at radius 2 is 1.95 bits per heavy atom. The molecule has 0 saturated heterocycles. The van der Waals surface area contributed by atoms with Gasteiger partial charge in [0.05, 0.1) is 5.56 Å². The molecule has 0 spiro atoms. The van der Waals surface area contributed by atoms with Gasteiger partial charge >= 0.3 is 0 Å². The molecule has 0 fully saturated rings. The van der Waals surface area contributed by atoms with Crippen molar-refractivity contribution in [2.24, 2.45) is 5.10 Å².